The zero-order valence-electron chi connectivity index (χ0n) is 11.1. The van der Waals surface area contributed by atoms with Crippen molar-refractivity contribution in [3.05, 3.63) is 29.1 Å². The Balaban J connectivity index is 1.95. The first kappa shape index (κ1) is 12.5. The van der Waals surface area contributed by atoms with Crippen molar-refractivity contribution in [1.29, 1.82) is 0 Å². The maximum Gasteiger partial charge on any atom is 0.256 e. The van der Waals surface area contributed by atoms with Crippen LogP contribution in [0.15, 0.2) is 12.1 Å². The average molecular weight is 263 g/mol. The van der Waals surface area contributed by atoms with Crippen LogP contribution in [0.3, 0.4) is 0 Å². The molecule has 2 aliphatic rings. The first-order valence-corrected chi connectivity index (χ1v) is 6.87. The lowest BCUT2D eigenvalue weighted by Crippen LogP contribution is -2.28. The number of amides is 1. The van der Waals surface area contributed by atoms with Gasteiger partial charge in [0.1, 0.15) is 11.6 Å². The van der Waals surface area contributed by atoms with Gasteiger partial charge in [0.25, 0.3) is 5.91 Å². The van der Waals surface area contributed by atoms with Crippen LogP contribution in [0.5, 0.6) is 5.75 Å². The number of likely N-dealkylation sites (tertiary alicyclic amines) is 1. The van der Waals surface area contributed by atoms with E-state index in [2.05, 4.69) is 0 Å². The molecule has 0 N–H and O–H groups in total. The van der Waals surface area contributed by atoms with Gasteiger partial charge in [-0.25, -0.2) is 4.39 Å². The summed E-state index contributed by atoms with van der Waals surface area (Å²) in [7, 11) is 1.54. The van der Waals surface area contributed by atoms with Crippen LogP contribution in [-0.4, -0.2) is 31.0 Å². The number of methoxy groups -OCH3 is 1. The molecule has 0 bridgehead atoms. The van der Waals surface area contributed by atoms with Crippen LogP contribution in [-0.2, 0) is 0 Å². The number of ether oxygens (including phenoxy) is 1. The van der Waals surface area contributed by atoms with Gasteiger partial charge in [0.05, 0.1) is 12.7 Å². The molecule has 1 amide bonds. The monoisotopic (exact) mass is 263 g/mol. The summed E-state index contributed by atoms with van der Waals surface area (Å²) < 4.78 is 19.3. The van der Waals surface area contributed by atoms with E-state index in [1.165, 1.54) is 6.07 Å². The number of carbonyl (C=O) groups excluding carboxylic acids is 1. The van der Waals surface area contributed by atoms with Crippen molar-refractivity contribution >= 4 is 5.91 Å². The Bertz CT molecular complexity index is 505. The lowest BCUT2D eigenvalue weighted by Gasteiger charge is -2.17. The topological polar surface area (TPSA) is 29.5 Å². The fraction of sp³-hybridized carbons (Fsp3) is 0.533. The van der Waals surface area contributed by atoms with Gasteiger partial charge >= 0.3 is 0 Å². The standard InChI is InChI=1S/C15H18FNO2/c1-19-14-9-13(16)12(8-11(14)10-4-5-10)15(18)17-6-2-3-7-17/h8-10H,2-7H2,1H3. The normalized spacial score (nSPS) is 18.7. The molecule has 19 heavy (non-hydrogen) atoms. The summed E-state index contributed by atoms with van der Waals surface area (Å²) in [6, 6.07) is 3.06. The van der Waals surface area contributed by atoms with E-state index >= 15 is 0 Å². The molecule has 0 atom stereocenters. The van der Waals surface area contributed by atoms with E-state index in [-0.39, 0.29) is 11.5 Å². The fourth-order valence-corrected chi connectivity index (χ4v) is 2.72. The van der Waals surface area contributed by atoms with Crippen LogP contribution < -0.4 is 4.74 Å². The van der Waals surface area contributed by atoms with Crippen molar-refractivity contribution < 1.29 is 13.9 Å². The molecule has 1 heterocycles. The number of rotatable bonds is 3. The van der Waals surface area contributed by atoms with E-state index in [0.29, 0.717) is 11.7 Å². The van der Waals surface area contributed by atoms with Gasteiger partial charge in [0.2, 0.25) is 0 Å². The molecule has 102 valence electrons. The summed E-state index contributed by atoms with van der Waals surface area (Å²) in [6.45, 7) is 1.48. The van der Waals surface area contributed by atoms with Crippen molar-refractivity contribution in [2.24, 2.45) is 0 Å². The van der Waals surface area contributed by atoms with Crippen molar-refractivity contribution in [3.63, 3.8) is 0 Å². The van der Waals surface area contributed by atoms with Crippen molar-refractivity contribution in [2.45, 2.75) is 31.6 Å². The fourth-order valence-electron chi connectivity index (χ4n) is 2.72. The Morgan fingerprint density at radius 3 is 2.58 bits per heavy atom. The molecule has 1 aromatic rings. The highest BCUT2D eigenvalue weighted by atomic mass is 19.1. The summed E-state index contributed by atoms with van der Waals surface area (Å²) in [5, 5.41) is 0. The summed E-state index contributed by atoms with van der Waals surface area (Å²) in [5.41, 5.74) is 1.18. The quantitative estimate of drug-likeness (QED) is 0.839. The predicted octanol–water partition coefficient (Wildman–Crippen LogP) is 2.95. The Hall–Kier alpha value is -1.58. The van der Waals surface area contributed by atoms with Gasteiger partial charge in [-0.2, -0.15) is 0 Å². The van der Waals surface area contributed by atoms with Gasteiger partial charge in [0.15, 0.2) is 0 Å². The van der Waals surface area contributed by atoms with Gasteiger partial charge in [-0.05, 0) is 43.2 Å². The van der Waals surface area contributed by atoms with E-state index < -0.39 is 5.82 Å². The number of hydrogen-bond donors (Lipinski definition) is 0. The average Bonchev–Trinajstić information content (AvgIpc) is 3.11. The molecule has 1 aliphatic heterocycles. The molecular formula is C15H18FNO2. The van der Waals surface area contributed by atoms with Gasteiger partial charge in [-0.3, -0.25) is 4.79 Å². The number of hydrogen-bond acceptors (Lipinski definition) is 2. The molecule has 0 unspecified atom stereocenters. The second kappa shape index (κ2) is 4.83. The molecule has 1 saturated heterocycles. The smallest absolute Gasteiger partial charge is 0.256 e. The zero-order chi connectivity index (χ0) is 13.4. The highest BCUT2D eigenvalue weighted by Gasteiger charge is 2.30. The largest absolute Gasteiger partial charge is 0.496 e. The van der Waals surface area contributed by atoms with Crippen molar-refractivity contribution in [3.8, 4) is 5.75 Å². The number of nitrogens with zero attached hydrogens (tertiary/aromatic N) is 1. The molecule has 0 radical (unpaired) electrons. The van der Waals surface area contributed by atoms with E-state index in [1.54, 1.807) is 18.1 Å². The van der Waals surface area contributed by atoms with E-state index in [9.17, 15) is 9.18 Å². The Kier molecular flexibility index (Phi) is 3.17. The van der Waals surface area contributed by atoms with Crippen molar-refractivity contribution in [2.75, 3.05) is 20.2 Å². The zero-order valence-corrected chi connectivity index (χ0v) is 11.1. The van der Waals surface area contributed by atoms with Crippen molar-refractivity contribution in [1.82, 2.24) is 4.90 Å². The summed E-state index contributed by atoms with van der Waals surface area (Å²) in [6.07, 6.45) is 4.22. The van der Waals surface area contributed by atoms with Gasteiger partial charge in [0, 0.05) is 19.2 Å². The second-order valence-electron chi connectivity index (χ2n) is 5.35. The summed E-state index contributed by atoms with van der Waals surface area (Å²) in [5.74, 6) is 0.344. The Morgan fingerprint density at radius 2 is 2.00 bits per heavy atom. The van der Waals surface area contributed by atoms with Crippen LogP contribution in [0.1, 0.15) is 47.5 Å². The summed E-state index contributed by atoms with van der Waals surface area (Å²) >= 11 is 0. The molecule has 0 spiro atoms. The molecule has 1 aliphatic carbocycles. The maximum absolute atomic E-state index is 14.1. The van der Waals surface area contributed by atoms with Crippen LogP contribution in [0.4, 0.5) is 4.39 Å². The number of benzene rings is 1. The molecule has 3 rings (SSSR count). The minimum absolute atomic E-state index is 0.181. The molecule has 1 aromatic carbocycles. The molecule has 2 fully saturated rings. The van der Waals surface area contributed by atoms with Crippen LogP contribution in [0, 0.1) is 5.82 Å². The SMILES string of the molecule is COc1cc(F)c(C(=O)N2CCCC2)cc1C1CC1. The third-order valence-corrected chi connectivity index (χ3v) is 3.96. The lowest BCUT2D eigenvalue weighted by atomic mass is 10.0. The van der Waals surface area contributed by atoms with Gasteiger partial charge in [-0.1, -0.05) is 0 Å². The minimum Gasteiger partial charge on any atom is -0.496 e. The maximum atomic E-state index is 14.1. The number of halogens is 1. The first-order chi connectivity index (χ1) is 9.20. The molecular weight excluding hydrogens is 245 g/mol. The lowest BCUT2D eigenvalue weighted by molar-refractivity contribution is 0.0788. The molecule has 1 saturated carbocycles. The van der Waals surface area contributed by atoms with Crippen LogP contribution in [0.2, 0.25) is 0 Å². The van der Waals surface area contributed by atoms with Crippen LogP contribution in [0.25, 0.3) is 0 Å². The molecule has 0 aromatic heterocycles. The third kappa shape index (κ3) is 2.31. The van der Waals surface area contributed by atoms with E-state index in [0.717, 1.165) is 44.3 Å². The van der Waals surface area contributed by atoms with Gasteiger partial charge in [-0.15, -0.1) is 0 Å². The Labute approximate surface area is 112 Å². The second-order valence-corrected chi connectivity index (χ2v) is 5.35. The highest BCUT2D eigenvalue weighted by Crippen LogP contribution is 2.45. The van der Waals surface area contributed by atoms with E-state index in [1.807, 2.05) is 0 Å². The minimum atomic E-state index is -0.474. The van der Waals surface area contributed by atoms with Gasteiger partial charge < -0.3 is 9.64 Å². The van der Waals surface area contributed by atoms with Crippen LogP contribution >= 0.6 is 0 Å². The highest BCUT2D eigenvalue weighted by molar-refractivity contribution is 5.95. The molecule has 3 nitrogen and oxygen atoms in total. The Morgan fingerprint density at radius 1 is 1.32 bits per heavy atom. The van der Waals surface area contributed by atoms with E-state index in [4.69, 9.17) is 4.74 Å². The number of carbonyl (C=O) groups is 1. The molecule has 4 heteroatoms. The predicted molar refractivity (Wildman–Crippen MR) is 70.1 cm³/mol. The summed E-state index contributed by atoms with van der Waals surface area (Å²) in [4.78, 5) is 14.0. The first-order valence-electron chi connectivity index (χ1n) is 6.87. The third-order valence-electron chi connectivity index (χ3n) is 3.96.